The normalized spacial score (nSPS) is 12.2. The zero-order valence-electron chi connectivity index (χ0n) is 21.1. The Balaban J connectivity index is 2.07. The number of benzene rings is 2. The maximum Gasteiger partial charge on any atom is 0.242 e. The van der Waals surface area contributed by atoms with Crippen molar-refractivity contribution in [2.75, 3.05) is 26.3 Å². The van der Waals surface area contributed by atoms with Gasteiger partial charge in [0.05, 0.1) is 4.90 Å². The largest absolute Gasteiger partial charge is 0.382 e. The standard InChI is InChI=1S/C26H36FN3O5S/c1-4-29-36(33,34)24-14-9-21(10-15-24)11-16-25(31)30(19-22-7-12-23(27)13-8-22)20(3)26(32)28-17-6-18-35-5-2/h7-10,12-15,20,29H,4-6,11,16-19H2,1-3H3,(H,28,32)/t20-/m0/s1. The van der Waals surface area contributed by atoms with E-state index in [0.29, 0.717) is 44.7 Å². The summed E-state index contributed by atoms with van der Waals surface area (Å²) in [4.78, 5) is 27.6. The van der Waals surface area contributed by atoms with Crippen LogP contribution < -0.4 is 10.0 Å². The third kappa shape index (κ3) is 9.33. The van der Waals surface area contributed by atoms with Gasteiger partial charge in [-0.2, -0.15) is 0 Å². The summed E-state index contributed by atoms with van der Waals surface area (Å²) in [6, 6.07) is 11.4. The highest BCUT2D eigenvalue weighted by molar-refractivity contribution is 7.89. The Bertz CT molecular complexity index is 1080. The van der Waals surface area contributed by atoms with Gasteiger partial charge in [-0.15, -0.1) is 0 Å². The molecule has 0 spiro atoms. The fourth-order valence-corrected chi connectivity index (χ4v) is 4.59. The van der Waals surface area contributed by atoms with Gasteiger partial charge in [-0.1, -0.05) is 31.2 Å². The first-order valence-corrected chi connectivity index (χ1v) is 13.6. The van der Waals surface area contributed by atoms with Gasteiger partial charge in [0, 0.05) is 39.3 Å². The van der Waals surface area contributed by atoms with Crippen molar-refractivity contribution >= 4 is 21.8 Å². The van der Waals surface area contributed by atoms with Gasteiger partial charge in [0.15, 0.2) is 0 Å². The highest BCUT2D eigenvalue weighted by Gasteiger charge is 2.26. The van der Waals surface area contributed by atoms with E-state index in [1.165, 1.54) is 29.2 Å². The number of halogens is 1. The minimum Gasteiger partial charge on any atom is -0.382 e. The van der Waals surface area contributed by atoms with Crippen molar-refractivity contribution in [1.29, 1.82) is 0 Å². The van der Waals surface area contributed by atoms with Crippen molar-refractivity contribution in [2.45, 2.75) is 57.5 Å². The lowest BCUT2D eigenvalue weighted by Crippen LogP contribution is -2.48. The molecule has 10 heteroatoms. The van der Waals surface area contributed by atoms with Crippen LogP contribution in [0, 0.1) is 5.82 Å². The Morgan fingerprint density at radius 3 is 2.28 bits per heavy atom. The number of hydrogen-bond acceptors (Lipinski definition) is 5. The molecule has 0 unspecified atom stereocenters. The van der Waals surface area contributed by atoms with Gasteiger partial charge in [-0.3, -0.25) is 9.59 Å². The number of nitrogens with zero attached hydrogens (tertiary/aromatic N) is 1. The van der Waals surface area contributed by atoms with Crippen molar-refractivity contribution < 1.29 is 27.1 Å². The lowest BCUT2D eigenvalue weighted by molar-refractivity contribution is -0.140. The fraction of sp³-hybridized carbons (Fsp3) is 0.462. The van der Waals surface area contributed by atoms with Crippen LogP contribution in [0.2, 0.25) is 0 Å². The van der Waals surface area contributed by atoms with Gasteiger partial charge in [0.25, 0.3) is 0 Å². The van der Waals surface area contributed by atoms with Crippen molar-refractivity contribution in [1.82, 2.24) is 14.9 Å². The molecule has 0 bridgehead atoms. The van der Waals surface area contributed by atoms with E-state index in [0.717, 1.165) is 5.56 Å². The topological polar surface area (TPSA) is 105 Å². The molecule has 0 aromatic heterocycles. The van der Waals surface area contributed by atoms with Crippen LogP contribution in [0.4, 0.5) is 4.39 Å². The zero-order valence-corrected chi connectivity index (χ0v) is 21.9. The lowest BCUT2D eigenvalue weighted by Gasteiger charge is -2.29. The molecule has 198 valence electrons. The molecule has 0 aliphatic rings. The molecular formula is C26H36FN3O5S. The van der Waals surface area contributed by atoms with Crippen LogP contribution in [-0.2, 0) is 37.3 Å². The third-order valence-electron chi connectivity index (χ3n) is 5.60. The molecule has 1 atom stereocenters. The van der Waals surface area contributed by atoms with Crippen LogP contribution >= 0.6 is 0 Å². The maximum atomic E-state index is 13.4. The van der Waals surface area contributed by atoms with E-state index in [-0.39, 0.29) is 35.5 Å². The summed E-state index contributed by atoms with van der Waals surface area (Å²) >= 11 is 0. The molecule has 2 aromatic rings. The van der Waals surface area contributed by atoms with E-state index in [1.54, 1.807) is 38.1 Å². The van der Waals surface area contributed by atoms with Gasteiger partial charge in [0.2, 0.25) is 21.8 Å². The Morgan fingerprint density at radius 1 is 1.03 bits per heavy atom. The average molecular weight is 522 g/mol. The number of carbonyl (C=O) groups is 2. The molecule has 2 N–H and O–H groups in total. The Hall–Kier alpha value is -2.82. The van der Waals surface area contributed by atoms with Gasteiger partial charge < -0.3 is 15.0 Å². The lowest BCUT2D eigenvalue weighted by atomic mass is 10.1. The second kappa shape index (κ2) is 14.7. The zero-order chi connectivity index (χ0) is 26.6. The third-order valence-corrected chi connectivity index (χ3v) is 7.16. The molecule has 0 aliphatic heterocycles. The van der Waals surface area contributed by atoms with Gasteiger partial charge in [0.1, 0.15) is 11.9 Å². The maximum absolute atomic E-state index is 13.4. The van der Waals surface area contributed by atoms with E-state index >= 15 is 0 Å². The predicted molar refractivity (Wildman–Crippen MR) is 136 cm³/mol. The van der Waals surface area contributed by atoms with Crippen LogP contribution in [0.1, 0.15) is 44.7 Å². The first kappa shape index (κ1) is 29.4. The molecular weight excluding hydrogens is 485 g/mol. The summed E-state index contributed by atoms with van der Waals surface area (Å²) in [6.45, 7) is 7.31. The van der Waals surface area contributed by atoms with E-state index in [4.69, 9.17) is 4.74 Å². The minimum atomic E-state index is -3.55. The molecule has 0 fully saturated rings. The van der Waals surface area contributed by atoms with Crippen molar-refractivity contribution in [2.24, 2.45) is 0 Å². The van der Waals surface area contributed by atoms with Crippen LogP contribution in [0.25, 0.3) is 0 Å². The second-order valence-corrected chi connectivity index (χ2v) is 10.1. The number of rotatable bonds is 15. The number of ether oxygens (including phenoxy) is 1. The molecule has 36 heavy (non-hydrogen) atoms. The smallest absolute Gasteiger partial charge is 0.242 e. The predicted octanol–water partition coefficient (Wildman–Crippen LogP) is 3.02. The van der Waals surface area contributed by atoms with Crippen molar-refractivity contribution in [3.05, 3.63) is 65.5 Å². The quantitative estimate of drug-likeness (QED) is 0.351. The summed E-state index contributed by atoms with van der Waals surface area (Å²) in [5.41, 5.74) is 1.51. The number of nitrogens with one attached hydrogen (secondary N) is 2. The average Bonchev–Trinajstić information content (AvgIpc) is 2.86. The number of aryl methyl sites for hydroxylation is 1. The molecule has 8 nitrogen and oxygen atoms in total. The number of amides is 2. The van der Waals surface area contributed by atoms with Crippen LogP contribution in [-0.4, -0.2) is 57.5 Å². The fourth-order valence-electron chi connectivity index (χ4n) is 3.55. The Labute approximate surface area is 213 Å². The van der Waals surface area contributed by atoms with Crippen molar-refractivity contribution in [3.8, 4) is 0 Å². The minimum absolute atomic E-state index is 0.127. The number of sulfonamides is 1. The molecule has 0 saturated carbocycles. The van der Waals surface area contributed by atoms with E-state index in [9.17, 15) is 22.4 Å². The van der Waals surface area contributed by atoms with Gasteiger partial charge in [-0.05, 0) is 62.1 Å². The first-order valence-electron chi connectivity index (χ1n) is 12.2. The van der Waals surface area contributed by atoms with E-state index in [1.807, 2.05) is 6.92 Å². The SMILES string of the molecule is CCNS(=O)(=O)c1ccc(CCC(=O)N(Cc2ccc(F)cc2)[C@@H](C)C(=O)NCCCOCC)cc1. The molecule has 2 aromatic carbocycles. The Morgan fingerprint density at radius 2 is 1.67 bits per heavy atom. The highest BCUT2D eigenvalue weighted by atomic mass is 32.2. The number of hydrogen-bond donors (Lipinski definition) is 2. The van der Waals surface area contributed by atoms with Crippen LogP contribution in [0.15, 0.2) is 53.4 Å². The van der Waals surface area contributed by atoms with Crippen molar-refractivity contribution in [3.63, 3.8) is 0 Å². The molecule has 0 aliphatic carbocycles. The first-order chi connectivity index (χ1) is 17.2. The monoisotopic (exact) mass is 521 g/mol. The molecule has 2 amide bonds. The van der Waals surface area contributed by atoms with Crippen LogP contribution in [0.5, 0.6) is 0 Å². The molecule has 0 heterocycles. The molecule has 0 radical (unpaired) electrons. The van der Waals surface area contributed by atoms with Crippen LogP contribution in [0.3, 0.4) is 0 Å². The van der Waals surface area contributed by atoms with Gasteiger partial charge in [-0.25, -0.2) is 17.5 Å². The molecule has 0 saturated heterocycles. The molecule has 2 rings (SSSR count). The second-order valence-electron chi connectivity index (χ2n) is 8.31. The summed E-state index contributed by atoms with van der Waals surface area (Å²) in [7, 11) is -3.55. The number of carbonyl (C=O) groups excluding carboxylic acids is 2. The highest BCUT2D eigenvalue weighted by Crippen LogP contribution is 2.15. The summed E-state index contributed by atoms with van der Waals surface area (Å²) in [5.74, 6) is -0.892. The van der Waals surface area contributed by atoms with E-state index in [2.05, 4.69) is 10.0 Å². The van der Waals surface area contributed by atoms with Gasteiger partial charge >= 0.3 is 0 Å². The summed E-state index contributed by atoms with van der Waals surface area (Å²) < 4.78 is 45.3. The Kier molecular flexibility index (Phi) is 12.0. The summed E-state index contributed by atoms with van der Waals surface area (Å²) in [5, 5.41) is 2.84. The van der Waals surface area contributed by atoms with E-state index < -0.39 is 16.1 Å². The summed E-state index contributed by atoms with van der Waals surface area (Å²) in [6.07, 6.45) is 1.17.